The Hall–Kier alpha value is -1.62. The fraction of sp³-hybridized carbons (Fsp3) is 0.200. The minimum atomic E-state index is -0.830. The van der Waals surface area contributed by atoms with E-state index in [0.717, 1.165) is 22.2 Å². The molecule has 0 heterocycles. The third kappa shape index (κ3) is 3.10. The van der Waals surface area contributed by atoms with Crippen molar-refractivity contribution in [3.63, 3.8) is 0 Å². The Bertz CT molecular complexity index is 644. The lowest BCUT2D eigenvalue weighted by atomic mass is 10.0. The lowest BCUT2D eigenvalue weighted by molar-refractivity contribution is 0.464. The maximum Gasteiger partial charge on any atom is 0.156 e. The summed E-state index contributed by atoms with van der Waals surface area (Å²) in [5, 5.41) is 0. The highest BCUT2D eigenvalue weighted by Crippen LogP contribution is 2.36. The van der Waals surface area contributed by atoms with Crippen LogP contribution < -0.4 is 10.5 Å². The first-order valence-corrected chi connectivity index (χ1v) is 6.89. The highest BCUT2D eigenvalue weighted by atomic mass is 79.9. The van der Waals surface area contributed by atoms with Gasteiger partial charge in [-0.15, -0.1) is 0 Å². The number of anilines is 1. The van der Waals surface area contributed by atoms with Crippen molar-refractivity contribution in [3.05, 3.63) is 52.0 Å². The van der Waals surface area contributed by atoms with E-state index in [2.05, 4.69) is 15.9 Å². The molecule has 0 aromatic heterocycles. The predicted molar refractivity (Wildman–Crippen MR) is 79.1 cm³/mol. The molecule has 0 fully saturated rings. The predicted octanol–water partition coefficient (Wildman–Crippen LogP) is 5.23. The zero-order valence-electron chi connectivity index (χ0n) is 11.1. The fourth-order valence-corrected chi connectivity index (χ4v) is 2.21. The summed E-state index contributed by atoms with van der Waals surface area (Å²) in [7, 11) is 0. The van der Waals surface area contributed by atoms with Gasteiger partial charge in [0.25, 0.3) is 0 Å². The molecule has 2 rings (SSSR count). The summed E-state index contributed by atoms with van der Waals surface area (Å²) in [6, 6.07) is 7.25. The van der Waals surface area contributed by atoms with Crippen LogP contribution in [0.25, 0.3) is 0 Å². The van der Waals surface area contributed by atoms with E-state index in [0.29, 0.717) is 5.75 Å². The van der Waals surface area contributed by atoms with E-state index >= 15 is 0 Å². The molecule has 0 amide bonds. The smallest absolute Gasteiger partial charge is 0.156 e. The van der Waals surface area contributed by atoms with E-state index in [-0.39, 0.29) is 17.4 Å². The average Bonchev–Trinajstić information content (AvgIpc) is 2.37. The van der Waals surface area contributed by atoms with Gasteiger partial charge in [-0.05, 0) is 29.7 Å². The van der Waals surface area contributed by atoms with Gasteiger partial charge in [0, 0.05) is 16.6 Å². The second-order valence-electron chi connectivity index (χ2n) is 4.74. The van der Waals surface area contributed by atoms with Gasteiger partial charge in [0.05, 0.1) is 0 Å². The topological polar surface area (TPSA) is 35.2 Å². The lowest BCUT2D eigenvalue weighted by Crippen LogP contribution is -1.99. The summed E-state index contributed by atoms with van der Waals surface area (Å²) in [5.41, 5.74) is 6.29. The van der Waals surface area contributed by atoms with Gasteiger partial charge in [-0.2, -0.15) is 0 Å². The summed E-state index contributed by atoms with van der Waals surface area (Å²) in [5.74, 6) is -0.855. The van der Waals surface area contributed by atoms with E-state index in [1.54, 1.807) is 12.1 Å². The van der Waals surface area contributed by atoms with Crippen molar-refractivity contribution in [2.45, 2.75) is 19.8 Å². The first kappa shape index (κ1) is 14.8. The van der Waals surface area contributed by atoms with Crippen molar-refractivity contribution in [1.82, 2.24) is 0 Å². The highest BCUT2D eigenvalue weighted by molar-refractivity contribution is 9.10. The highest BCUT2D eigenvalue weighted by Gasteiger charge is 2.14. The summed E-state index contributed by atoms with van der Waals surface area (Å²) < 4.78 is 33.2. The Morgan fingerprint density at radius 1 is 1.10 bits per heavy atom. The summed E-state index contributed by atoms with van der Waals surface area (Å²) >= 11 is 3.39. The summed E-state index contributed by atoms with van der Waals surface area (Å²) in [6.45, 7) is 4.01. The Labute approximate surface area is 124 Å². The van der Waals surface area contributed by atoms with Crippen LogP contribution in [-0.4, -0.2) is 0 Å². The van der Waals surface area contributed by atoms with Crippen molar-refractivity contribution in [3.8, 4) is 11.5 Å². The van der Waals surface area contributed by atoms with Gasteiger partial charge < -0.3 is 10.5 Å². The normalized spacial score (nSPS) is 10.9. The van der Waals surface area contributed by atoms with Crippen LogP contribution in [0.4, 0.5) is 14.5 Å². The van der Waals surface area contributed by atoms with Crippen molar-refractivity contribution in [1.29, 1.82) is 0 Å². The van der Waals surface area contributed by atoms with E-state index in [9.17, 15) is 8.78 Å². The summed E-state index contributed by atoms with van der Waals surface area (Å²) in [4.78, 5) is 0. The molecule has 20 heavy (non-hydrogen) atoms. The van der Waals surface area contributed by atoms with E-state index in [4.69, 9.17) is 10.5 Å². The zero-order chi connectivity index (χ0) is 14.9. The maximum atomic E-state index is 13.4. The molecule has 0 spiro atoms. The molecule has 0 radical (unpaired) electrons. The third-order valence-electron chi connectivity index (χ3n) is 2.87. The SMILES string of the molecule is CC(C)c1cc(Br)ccc1Oc1cc(F)cc(F)c1N. The van der Waals surface area contributed by atoms with Gasteiger partial charge in [-0.1, -0.05) is 29.8 Å². The quantitative estimate of drug-likeness (QED) is 0.776. The molecule has 2 nitrogen and oxygen atoms in total. The molecule has 0 bridgehead atoms. The number of rotatable bonds is 3. The second kappa shape index (κ2) is 5.79. The summed E-state index contributed by atoms with van der Waals surface area (Å²) in [6.07, 6.45) is 0. The Balaban J connectivity index is 2.45. The van der Waals surface area contributed by atoms with Gasteiger partial charge in [0.15, 0.2) is 11.6 Å². The molecular formula is C15H14BrF2NO. The molecular weight excluding hydrogens is 328 g/mol. The van der Waals surface area contributed by atoms with Crippen LogP contribution in [0.3, 0.4) is 0 Å². The number of benzene rings is 2. The molecule has 0 saturated heterocycles. The van der Waals surface area contributed by atoms with Crippen LogP contribution >= 0.6 is 15.9 Å². The molecule has 0 aliphatic carbocycles. The van der Waals surface area contributed by atoms with Crippen LogP contribution in [0.1, 0.15) is 25.3 Å². The standard InChI is InChI=1S/C15H14BrF2NO/c1-8(2)11-5-9(16)3-4-13(11)20-14-7-10(17)6-12(18)15(14)19/h3-8H,19H2,1-2H3. The van der Waals surface area contributed by atoms with Gasteiger partial charge in [-0.25, -0.2) is 8.78 Å². The molecule has 0 atom stereocenters. The van der Waals surface area contributed by atoms with E-state index < -0.39 is 11.6 Å². The molecule has 0 aliphatic rings. The number of ether oxygens (including phenoxy) is 1. The molecule has 0 saturated carbocycles. The minimum Gasteiger partial charge on any atom is -0.455 e. The Morgan fingerprint density at radius 2 is 1.80 bits per heavy atom. The third-order valence-corrected chi connectivity index (χ3v) is 3.36. The van der Waals surface area contributed by atoms with Crippen molar-refractivity contribution >= 4 is 21.6 Å². The monoisotopic (exact) mass is 341 g/mol. The molecule has 0 unspecified atom stereocenters. The molecule has 5 heteroatoms. The van der Waals surface area contributed by atoms with Crippen molar-refractivity contribution in [2.24, 2.45) is 0 Å². The number of halogens is 3. The van der Waals surface area contributed by atoms with Crippen LogP contribution in [0.2, 0.25) is 0 Å². The fourth-order valence-electron chi connectivity index (χ4n) is 1.83. The average molecular weight is 342 g/mol. The molecule has 2 N–H and O–H groups in total. The molecule has 2 aromatic rings. The van der Waals surface area contributed by atoms with E-state index in [1.165, 1.54) is 0 Å². The second-order valence-corrected chi connectivity index (χ2v) is 5.65. The van der Waals surface area contributed by atoms with Crippen LogP contribution in [-0.2, 0) is 0 Å². The molecule has 2 aromatic carbocycles. The van der Waals surface area contributed by atoms with Gasteiger partial charge >= 0.3 is 0 Å². The largest absolute Gasteiger partial charge is 0.455 e. The van der Waals surface area contributed by atoms with E-state index in [1.807, 2.05) is 19.9 Å². The van der Waals surface area contributed by atoms with Gasteiger partial charge in [0.1, 0.15) is 17.3 Å². The van der Waals surface area contributed by atoms with Gasteiger partial charge in [0.2, 0.25) is 0 Å². The van der Waals surface area contributed by atoms with Crippen molar-refractivity contribution < 1.29 is 13.5 Å². The minimum absolute atomic E-state index is 0.0216. The van der Waals surface area contributed by atoms with Crippen molar-refractivity contribution in [2.75, 3.05) is 5.73 Å². The van der Waals surface area contributed by atoms with Crippen LogP contribution in [0.5, 0.6) is 11.5 Å². The maximum absolute atomic E-state index is 13.4. The van der Waals surface area contributed by atoms with Crippen LogP contribution in [0, 0.1) is 11.6 Å². The number of nitrogens with two attached hydrogens (primary N) is 1. The molecule has 0 aliphatic heterocycles. The van der Waals surface area contributed by atoms with Gasteiger partial charge in [-0.3, -0.25) is 0 Å². The first-order valence-electron chi connectivity index (χ1n) is 6.10. The number of hydrogen-bond donors (Lipinski definition) is 1. The number of hydrogen-bond acceptors (Lipinski definition) is 2. The van der Waals surface area contributed by atoms with Crippen LogP contribution in [0.15, 0.2) is 34.8 Å². The molecule has 106 valence electrons. The zero-order valence-corrected chi connectivity index (χ0v) is 12.7. The Morgan fingerprint density at radius 3 is 2.45 bits per heavy atom. The lowest BCUT2D eigenvalue weighted by Gasteiger charge is -2.15. The Kier molecular flexibility index (Phi) is 4.28. The number of nitrogen functional groups attached to an aromatic ring is 1. The first-order chi connectivity index (χ1) is 9.38.